The summed E-state index contributed by atoms with van der Waals surface area (Å²) in [5.74, 6) is -3.86. The molecular weight excluding hydrogens is 330 g/mol. The molecule has 0 aromatic heterocycles. The summed E-state index contributed by atoms with van der Waals surface area (Å²) in [7, 11) is 3.86. The molecule has 0 radical (unpaired) electrons. The van der Waals surface area contributed by atoms with E-state index in [9.17, 15) is 19.2 Å². The van der Waals surface area contributed by atoms with Crippen molar-refractivity contribution in [3.05, 3.63) is 29.8 Å². The van der Waals surface area contributed by atoms with E-state index in [1.54, 1.807) is 24.3 Å². The Bertz CT molecular complexity index is 683. The number of amides is 1. The topological polar surface area (TPSA) is 99.2 Å². The van der Waals surface area contributed by atoms with Gasteiger partial charge in [-0.05, 0) is 17.7 Å². The molecule has 134 valence electrons. The highest BCUT2D eigenvalue weighted by Crippen LogP contribution is 2.29. The molecule has 0 N–H and O–H groups in total. The van der Waals surface area contributed by atoms with Crippen LogP contribution in [0.3, 0.4) is 0 Å². The van der Waals surface area contributed by atoms with Crippen LogP contribution in [0, 0.1) is 5.92 Å². The van der Waals surface area contributed by atoms with E-state index in [-0.39, 0.29) is 13.0 Å². The van der Waals surface area contributed by atoms with Gasteiger partial charge in [-0.3, -0.25) is 19.2 Å². The molecule has 1 heterocycles. The average molecular weight is 349 g/mol. The van der Waals surface area contributed by atoms with Crippen LogP contribution in [0.15, 0.2) is 24.3 Å². The highest BCUT2D eigenvalue weighted by molar-refractivity contribution is 6.42. The zero-order chi connectivity index (χ0) is 18.6. The normalized spacial score (nSPS) is 19.7. The van der Waals surface area contributed by atoms with E-state index in [0.717, 1.165) is 12.7 Å². The fourth-order valence-corrected chi connectivity index (χ4v) is 2.77. The molecule has 2 atom stereocenters. The Hall–Kier alpha value is -2.90. The highest BCUT2D eigenvalue weighted by atomic mass is 16.5. The number of carbonyl (C=O) groups is 4. The zero-order valence-electron chi connectivity index (χ0n) is 14.2. The maximum absolute atomic E-state index is 12.3. The van der Waals surface area contributed by atoms with Gasteiger partial charge in [-0.1, -0.05) is 12.1 Å². The molecule has 8 heteroatoms. The molecular formula is C17H19NO7. The molecule has 0 unspecified atom stereocenters. The molecule has 0 bridgehead atoms. The van der Waals surface area contributed by atoms with Crippen LogP contribution in [-0.2, 0) is 35.2 Å². The van der Waals surface area contributed by atoms with Crippen molar-refractivity contribution in [2.24, 2.45) is 5.92 Å². The molecule has 8 nitrogen and oxygen atoms in total. The van der Waals surface area contributed by atoms with E-state index < -0.39 is 35.6 Å². The van der Waals surface area contributed by atoms with Gasteiger partial charge in [0.05, 0.1) is 33.8 Å². The van der Waals surface area contributed by atoms with E-state index in [1.165, 1.54) is 19.1 Å². The Morgan fingerprint density at radius 2 is 1.68 bits per heavy atom. The monoisotopic (exact) mass is 349 g/mol. The molecule has 1 saturated heterocycles. The maximum atomic E-state index is 12.3. The van der Waals surface area contributed by atoms with Crippen molar-refractivity contribution < 1.29 is 33.4 Å². The fourth-order valence-electron chi connectivity index (χ4n) is 2.77. The second-order valence-electron chi connectivity index (χ2n) is 5.49. The number of methoxy groups -OCH3 is 3. The van der Waals surface area contributed by atoms with Gasteiger partial charge in [0, 0.05) is 6.54 Å². The summed E-state index contributed by atoms with van der Waals surface area (Å²) in [5.41, 5.74) is 0.724. The van der Waals surface area contributed by atoms with E-state index in [2.05, 4.69) is 9.47 Å². The molecule has 1 fully saturated rings. The van der Waals surface area contributed by atoms with Crippen molar-refractivity contribution >= 4 is 23.6 Å². The quantitative estimate of drug-likeness (QED) is 0.414. The molecule has 0 spiro atoms. The number of rotatable bonds is 6. The Morgan fingerprint density at radius 3 is 2.20 bits per heavy atom. The molecule has 2 rings (SSSR count). The Kier molecular flexibility index (Phi) is 5.74. The van der Waals surface area contributed by atoms with Gasteiger partial charge in [0.15, 0.2) is 0 Å². The lowest BCUT2D eigenvalue weighted by Gasteiger charge is -2.25. The number of hydrogen-bond acceptors (Lipinski definition) is 7. The van der Waals surface area contributed by atoms with Crippen LogP contribution >= 0.6 is 0 Å². The van der Waals surface area contributed by atoms with Crippen LogP contribution < -0.4 is 4.74 Å². The third-order valence-electron chi connectivity index (χ3n) is 4.11. The molecule has 0 saturated carbocycles. The standard InChI is InChI=1S/C17H19NO7/c1-23-11-6-4-10(5-7-11)9-18-12(8-13(19)24-2)14(17(22)25-3)15(20)16(18)21/h4-7,12,14H,8-9H2,1-3H3/t12-,14-/m1/s1. The lowest BCUT2D eigenvalue weighted by Crippen LogP contribution is -2.39. The van der Waals surface area contributed by atoms with Crippen LogP contribution in [0.1, 0.15) is 12.0 Å². The first-order valence-electron chi connectivity index (χ1n) is 7.55. The van der Waals surface area contributed by atoms with Crippen LogP contribution in [0.5, 0.6) is 5.75 Å². The van der Waals surface area contributed by atoms with Crippen molar-refractivity contribution in [1.82, 2.24) is 4.90 Å². The summed E-state index contributed by atoms with van der Waals surface area (Å²) < 4.78 is 14.3. The van der Waals surface area contributed by atoms with Crippen molar-refractivity contribution in [2.75, 3.05) is 21.3 Å². The Balaban J connectivity index is 2.30. The number of likely N-dealkylation sites (tertiary alicyclic amines) is 1. The SMILES string of the molecule is COC(=O)C[C@@H]1[C@@H](C(=O)OC)C(=O)C(=O)N1Cc1ccc(OC)cc1. The molecule has 0 aliphatic carbocycles. The minimum Gasteiger partial charge on any atom is -0.497 e. The largest absolute Gasteiger partial charge is 0.497 e. The number of Topliss-reactive ketones (excluding diaryl/α,β-unsaturated/α-hetero) is 1. The Morgan fingerprint density at radius 1 is 1.04 bits per heavy atom. The van der Waals surface area contributed by atoms with Crippen LogP contribution in [0.25, 0.3) is 0 Å². The van der Waals surface area contributed by atoms with Gasteiger partial charge in [-0.15, -0.1) is 0 Å². The fraction of sp³-hybridized carbons (Fsp3) is 0.412. The number of carbonyl (C=O) groups excluding carboxylic acids is 4. The lowest BCUT2D eigenvalue weighted by molar-refractivity contribution is -0.151. The number of esters is 2. The zero-order valence-corrected chi connectivity index (χ0v) is 14.2. The minimum absolute atomic E-state index is 0.0731. The maximum Gasteiger partial charge on any atom is 0.318 e. The smallest absolute Gasteiger partial charge is 0.318 e. The van der Waals surface area contributed by atoms with Gasteiger partial charge in [0.1, 0.15) is 11.7 Å². The predicted molar refractivity (Wildman–Crippen MR) is 84.5 cm³/mol. The van der Waals surface area contributed by atoms with Crippen molar-refractivity contribution in [3.63, 3.8) is 0 Å². The molecule has 1 amide bonds. The number of nitrogens with zero attached hydrogens (tertiary/aromatic N) is 1. The van der Waals surface area contributed by atoms with Crippen LogP contribution in [-0.4, -0.2) is 55.9 Å². The van der Waals surface area contributed by atoms with Crippen molar-refractivity contribution in [2.45, 2.75) is 19.0 Å². The molecule has 1 aromatic carbocycles. The van der Waals surface area contributed by atoms with Crippen molar-refractivity contribution in [1.29, 1.82) is 0 Å². The van der Waals surface area contributed by atoms with Gasteiger partial charge in [0.25, 0.3) is 5.91 Å². The summed E-state index contributed by atoms with van der Waals surface area (Å²) in [6, 6.07) is 5.95. The predicted octanol–water partition coefficient (Wildman–Crippen LogP) is 0.327. The van der Waals surface area contributed by atoms with Crippen molar-refractivity contribution in [3.8, 4) is 5.75 Å². The summed E-state index contributed by atoms with van der Waals surface area (Å²) in [6.45, 7) is 0.0731. The third kappa shape index (κ3) is 3.78. The second kappa shape index (κ2) is 7.78. The van der Waals surface area contributed by atoms with Gasteiger partial charge >= 0.3 is 11.9 Å². The van der Waals surface area contributed by atoms with E-state index in [1.807, 2.05) is 0 Å². The Labute approximate surface area is 144 Å². The highest BCUT2D eigenvalue weighted by Gasteiger charge is 2.52. The second-order valence-corrected chi connectivity index (χ2v) is 5.49. The number of benzene rings is 1. The molecule has 1 aromatic rings. The average Bonchev–Trinajstić information content (AvgIpc) is 2.86. The molecule has 25 heavy (non-hydrogen) atoms. The first-order chi connectivity index (χ1) is 11.9. The van der Waals surface area contributed by atoms with E-state index in [4.69, 9.17) is 4.74 Å². The first kappa shape index (κ1) is 18.4. The lowest BCUT2D eigenvalue weighted by atomic mass is 9.96. The molecule has 1 aliphatic heterocycles. The molecule has 1 aliphatic rings. The van der Waals surface area contributed by atoms with Crippen LogP contribution in [0.2, 0.25) is 0 Å². The summed E-state index contributed by atoms with van der Waals surface area (Å²) in [6.07, 6.45) is -0.274. The van der Waals surface area contributed by atoms with Gasteiger partial charge in [-0.2, -0.15) is 0 Å². The number of ketones is 1. The van der Waals surface area contributed by atoms with Gasteiger partial charge in [0.2, 0.25) is 5.78 Å². The van der Waals surface area contributed by atoms with E-state index in [0.29, 0.717) is 5.75 Å². The first-order valence-corrected chi connectivity index (χ1v) is 7.55. The summed E-state index contributed by atoms with van der Waals surface area (Å²) in [5, 5.41) is 0. The number of hydrogen-bond donors (Lipinski definition) is 0. The number of ether oxygens (including phenoxy) is 3. The summed E-state index contributed by atoms with van der Waals surface area (Å²) in [4.78, 5) is 49.4. The third-order valence-corrected chi connectivity index (χ3v) is 4.11. The minimum atomic E-state index is -1.34. The summed E-state index contributed by atoms with van der Waals surface area (Å²) >= 11 is 0. The van der Waals surface area contributed by atoms with E-state index >= 15 is 0 Å². The van der Waals surface area contributed by atoms with Gasteiger partial charge in [-0.25, -0.2) is 0 Å². The van der Waals surface area contributed by atoms with Crippen LogP contribution in [0.4, 0.5) is 0 Å². The van der Waals surface area contributed by atoms with Gasteiger partial charge < -0.3 is 19.1 Å².